The fourth-order valence-corrected chi connectivity index (χ4v) is 8.78. The average Bonchev–Trinajstić information content (AvgIpc) is 3.39. The van der Waals surface area contributed by atoms with Gasteiger partial charge in [-0.3, -0.25) is 0 Å². The van der Waals surface area contributed by atoms with Crippen LogP contribution in [0.2, 0.25) is 17.3 Å². The summed E-state index contributed by atoms with van der Waals surface area (Å²) in [6.45, 7) is 8.05. The molecule has 0 atom stereocenters. The third-order valence-corrected chi connectivity index (χ3v) is 12.0. The predicted octanol–water partition coefficient (Wildman–Crippen LogP) is 9.88. The zero-order valence-corrected chi connectivity index (χ0v) is 32.2. The molecule has 4 nitrogen and oxygen atoms in total. The van der Waals surface area contributed by atoms with Crippen LogP contribution < -0.4 is 4.40 Å². The molecule has 0 aliphatic heterocycles. The summed E-state index contributed by atoms with van der Waals surface area (Å²) in [4.78, 5) is 13.1. The van der Waals surface area contributed by atoms with E-state index in [2.05, 4.69) is 71.5 Å². The number of pyridine rings is 3. The molecule has 46 heavy (non-hydrogen) atoms. The maximum atomic E-state index is 14.3. The van der Waals surface area contributed by atoms with Crippen molar-refractivity contribution < 1.29 is 33.0 Å². The molecular formula is C39H42FGeIrN3O-2. The Morgan fingerprint density at radius 1 is 0.935 bits per heavy atom. The largest absolute Gasteiger partial charge is 0.486 e. The molecule has 1 radical (unpaired) electrons. The molecule has 0 N–H and O–H groups in total. The van der Waals surface area contributed by atoms with E-state index in [0.717, 1.165) is 23.1 Å². The third kappa shape index (κ3) is 8.02. The number of fused-ring (bicyclic) bond motifs is 3. The fourth-order valence-electron chi connectivity index (χ4n) is 5.44. The Morgan fingerprint density at radius 2 is 1.70 bits per heavy atom. The molecule has 0 bridgehead atoms. The Balaban J connectivity index is 0.000000229. The molecule has 6 aromatic rings. The first kappa shape index (κ1) is 31.4. The van der Waals surface area contributed by atoms with E-state index >= 15 is 0 Å². The molecule has 0 saturated carbocycles. The van der Waals surface area contributed by atoms with Gasteiger partial charge in [0.2, 0.25) is 5.71 Å². The minimum Gasteiger partial charge on any atom is -0.486 e. The second-order valence-electron chi connectivity index (χ2n) is 13.9. The van der Waals surface area contributed by atoms with Crippen molar-refractivity contribution in [1.29, 1.82) is 0 Å². The van der Waals surface area contributed by atoms with Crippen molar-refractivity contribution in [3.63, 3.8) is 0 Å². The Morgan fingerprint density at radius 3 is 2.35 bits per heavy atom. The standard InChI is InChI=1S/C21H18FN2O.C18H24GeN.Ir/c1-12-8-9-14-13-6-5-7-15(19(13)25-20(14)24-12)18-10-16(21(2,3)4)17(22)11-23-18;1-14(2)11-16-12-18(15-9-7-6-8-10-15)20-13-17(16)19(3,4)5;/h5-6,8-11H,1-4H3;6-9,12-14H,11H2,1-5H3;/q2*-1;/i1D3;;. The summed E-state index contributed by atoms with van der Waals surface area (Å²) in [5.41, 5.74) is 5.61. The van der Waals surface area contributed by atoms with Gasteiger partial charge >= 0.3 is 126 Å². The van der Waals surface area contributed by atoms with Crippen LogP contribution in [0.4, 0.5) is 4.39 Å². The Kier molecular flexibility index (Phi) is 9.76. The second kappa shape index (κ2) is 14.3. The molecule has 0 amide bonds. The predicted molar refractivity (Wildman–Crippen MR) is 187 cm³/mol. The monoisotopic (exact) mass is 857 g/mol. The number of nitrogens with zero attached hydrogens (tertiary/aromatic N) is 3. The Labute approximate surface area is 293 Å². The average molecular weight is 856 g/mol. The molecule has 4 aromatic heterocycles. The van der Waals surface area contributed by atoms with Gasteiger partial charge in [-0.2, -0.15) is 0 Å². The molecule has 241 valence electrons. The normalized spacial score (nSPS) is 13.0. The van der Waals surface area contributed by atoms with Crippen LogP contribution >= 0.6 is 0 Å². The van der Waals surface area contributed by atoms with E-state index in [0.29, 0.717) is 33.7 Å². The number of hydrogen-bond donors (Lipinski definition) is 0. The van der Waals surface area contributed by atoms with Crippen LogP contribution in [0.25, 0.3) is 44.6 Å². The molecule has 0 fully saturated rings. The molecule has 0 aliphatic carbocycles. The van der Waals surface area contributed by atoms with E-state index in [9.17, 15) is 4.39 Å². The Hall–Kier alpha value is -3.19. The van der Waals surface area contributed by atoms with Crippen molar-refractivity contribution in [3.8, 4) is 22.5 Å². The van der Waals surface area contributed by atoms with Gasteiger partial charge < -0.3 is 9.40 Å². The number of halogens is 1. The van der Waals surface area contributed by atoms with E-state index in [1.807, 2.05) is 45.0 Å². The van der Waals surface area contributed by atoms with Crippen LogP contribution in [-0.2, 0) is 31.9 Å². The van der Waals surface area contributed by atoms with Crippen LogP contribution in [0.15, 0.2) is 77.5 Å². The van der Waals surface area contributed by atoms with Gasteiger partial charge in [-0.1, -0.05) is 37.8 Å². The van der Waals surface area contributed by atoms with Gasteiger partial charge in [-0.05, 0) is 35.7 Å². The minimum atomic E-state index is -2.32. The van der Waals surface area contributed by atoms with Gasteiger partial charge in [0.1, 0.15) is 5.82 Å². The van der Waals surface area contributed by atoms with Crippen molar-refractivity contribution in [2.45, 2.75) is 70.6 Å². The van der Waals surface area contributed by atoms with Crippen LogP contribution in [0.1, 0.15) is 55.6 Å². The first-order chi connectivity index (χ1) is 22.4. The first-order valence-electron chi connectivity index (χ1n) is 16.8. The van der Waals surface area contributed by atoms with E-state index in [4.69, 9.17) is 13.5 Å². The molecule has 0 unspecified atom stereocenters. The molecule has 6 rings (SSSR count). The van der Waals surface area contributed by atoms with Crippen LogP contribution in [0.3, 0.4) is 0 Å². The molecule has 0 aliphatic rings. The van der Waals surface area contributed by atoms with Crippen LogP contribution in [0.5, 0.6) is 0 Å². The topological polar surface area (TPSA) is 51.8 Å². The van der Waals surface area contributed by atoms with Gasteiger partial charge in [-0.25, -0.2) is 9.37 Å². The quantitative estimate of drug-likeness (QED) is 0.128. The number of benzene rings is 2. The van der Waals surface area contributed by atoms with Crippen molar-refractivity contribution in [3.05, 3.63) is 108 Å². The summed E-state index contributed by atoms with van der Waals surface area (Å²) in [5.74, 6) is 7.63. The van der Waals surface area contributed by atoms with E-state index in [-0.39, 0.29) is 42.7 Å². The summed E-state index contributed by atoms with van der Waals surface area (Å²) in [5, 5.41) is 1.48. The fraction of sp³-hybridized carbons (Fsp3) is 0.308. The molecule has 0 spiro atoms. The van der Waals surface area contributed by atoms with Crippen molar-refractivity contribution in [2.75, 3.05) is 0 Å². The molecule has 4 heterocycles. The molecular weight excluding hydrogens is 810 g/mol. The maximum absolute atomic E-state index is 14.3. The molecule has 2 aromatic carbocycles. The number of furan rings is 1. The first-order valence-corrected chi connectivity index (χ1v) is 22.6. The van der Waals surface area contributed by atoms with Gasteiger partial charge in [0, 0.05) is 35.3 Å². The van der Waals surface area contributed by atoms with Gasteiger partial charge in [0.25, 0.3) is 0 Å². The van der Waals surface area contributed by atoms with Crippen molar-refractivity contribution in [2.24, 2.45) is 5.92 Å². The third-order valence-electron chi connectivity index (χ3n) is 7.63. The number of rotatable bonds is 5. The zero-order chi connectivity index (χ0) is 35.0. The van der Waals surface area contributed by atoms with Gasteiger partial charge in [-0.15, -0.1) is 18.2 Å². The maximum Gasteiger partial charge on any atom is 0.216 e. The minimum absolute atomic E-state index is 0. The van der Waals surface area contributed by atoms with E-state index in [1.54, 1.807) is 22.6 Å². The van der Waals surface area contributed by atoms with Gasteiger partial charge in [0.15, 0.2) is 0 Å². The summed E-state index contributed by atoms with van der Waals surface area (Å²) in [6.07, 6.45) is 4.48. The van der Waals surface area contributed by atoms with Crippen molar-refractivity contribution >= 4 is 39.7 Å². The second-order valence-corrected chi connectivity index (χ2v) is 24.5. The molecule has 0 saturated heterocycles. The smallest absolute Gasteiger partial charge is 0.216 e. The van der Waals surface area contributed by atoms with E-state index in [1.165, 1.54) is 17.8 Å². The summed E-state index contributed by atoms with van der Waals surface area (Å²) < 4.78 is 44.3. The number of hydrogen-bond acceptors (Lipinski definition) is 4. The van der Waals surface area contributed by atoms with E-state index < -0.39 is 20.1 Å². The van der Waals surface area contributed by atoms with Crippen molar-refractivity contribution in [1.82, 2.24) is 15.0 Å². The zero-order valence-electron chi connectivity index (χ0n) is 30.7. The Bertz CT molecular complexity index is 2070. The van der Waals surface area contributed by atoms with Crippen LogP contribution in [-0.4, -0.2) is 28.2 Å². The molecule has 7 heteroatoms. The van der Waals surface area contributed by atoms with Crippen LogP contribution in [0, 0.1) is 30.7 Å². The van der Waals surface area contributed by atoms with Gasteiger partial charge in [0.05, 0.1) is 11.8 Å². The summed E-state index contributed by atoms with van der Waals surface area (Å²) >= 11 is -1.86. The number of aromatic nitrogens is 3. The number of aryl methyl sites for hydroxylation is 1. The summed E-state index contributed by atoms with van der Waals surface area (Å²) in [6, 6.07) is 25.2. The SMILES string of the molecule is CC(C)Cc1cc(-c2[c-]cccc2)nc[c]1[Ge]([CH3])([CH3])[CH3].[2H]C([2H])([2H])c1ccc2c(n1)oc1c(-c3cc(C(C)(C)C)c(F)cn3)[c-]ccc12.[Ir]. The summed E-state index contributed by atoms with van der Waals surface area (Å²) in [7, 11) is 0.